The highest BCUT2D eigenvalue weighted by Crippen LogP contribution is 2.35. The van der Waals surface area contributed by atoms with Crippen molar-refractivity contribution in [3.05, 3.63) is 138 Å². The van der Waals surface area contributed by atoms with Crippen LogP contribution in [0.2, 0.25) is 0 Å². The summed E-state index contributed by atoms with van der Waals surface area (Å²) in [5.41, 5.74) is 7.40. The highest BCUT2D eigenvalue weighted by atomic mass is 16.5. The van der Waals surface area contributed by atoms with Gasteiger partial charge in [0.1, 0.15) is 23.4 Å². The number of H-pyrrole nitrogens is 2. The van der Waals surface area contributed by atoms with Crippen LogP contribution in [0.3, 0.4) is 0 Å². The Bertz CT molecular complexity index is 2300. The van der Waals surface area contributed by atoms with E-state index in [1.54, 1.807) is 42.5 Å². The fourth-order valence-corrected chi connectivity index (χ4v) is 7.90. The first-order valence-electron chi connectivity index (χ1n) is 18.9. The first-order valence-corrected chi connectivity index (χ1v) is 18.9. The number of carboxylic acid groups (broad SMARTS) is 1. The first kappa shape index (κ1) is 36.3. The van der Waals surface area contributed by atoms with E-state index in [1.165, 1.54) is 0 Å². The van der Waals surface area contributed by atoms with E-state index < -0.39 is 12.1 Å². The Morgan fingerprint density at radius 1 is 0.732 bits per heavy atom. The SMILES string of the molecule is COc1ccc(CC(=O)N2CCC[C@H]2c2ncc(-c3ccc(-c4ccc(-c5cnc([C@@H]6CCCN6C(=O)[C@H](NC(=O)O)c6ccccc6)[nH]5)cc4)cc3)[nH]2)cc1. The van der Waals surface area contributed by atoms with Crippen LogP contribution in [0.1, 0.15) is 66.6 Å². The van der Waals surface area contributed by atoms with Crippen LogP contribution in [0.25, 0.3) is 33.6 Å². The van der Waals surface area contributed by atoms with E-state index in [-0.39, 0.29) is 23.9 Å². The maximum absolute atomic E-state index is 13.7. The lowest BCUT2D eigenvalue weighted by Crippen LogP contribution is -2.42. The Hall–Kier alpha value is -6.69. The second-order valence-electron chi connectivity index (χ2n) is 14.3. The first-order chi connectivity index (χ1) is 27.3. The lowest BCUT2D eigenvalue weighted by molar-refractivity contribution is -0.134. The fraction of sp³-hybridized carbons (Fsp3) is 0.250. The normalized spacial score (nSPS) is 17.2. The molecule has 12 nitrogen and oxygen atoms in total. The van der Waals surface area contributed by atoms with E-state index in [0.717, 1.165) is 76.5 Å². The summed E-state index contributed by atoms with van der Waals surface area (Å²) in [4.78, 5) is 58.6. The van der Waals surface area contributed by atoms with Gasteiger partial charge in [0, 0.05) is 13.1 Å². The molecule has 284 valence electrons. The number of amides is 3. The lowest BCUT2D eigenvalue weighted by Gasteiger charge is -2.28. The number of benzene rings is 4. The van der Waals surface area contributed by atoms with Gasteiger partial charge in [-0.3, -0.25) is 9.59 Å². The van der Waals surface area contributed by atoms with Crippen molar-refractivity contribution in [3.8, 4) is 39.4 Å². The van der Waals surface area contributed by atoms with Crippen LogP contribution in [0, 0.1) is 0 Å². The molecule has 12 heteroatoms. The van der Waals surface area contributed by atoms with Crippen molar-refractivity contribution in [2.75, 3.05) is 20.2 Å². The molecule has 2 fully saturated rings. The van der Waals surface area contributed by atoms with Crippen LogP contribution in [0.15, 0.2) is 116 Å². The van der Waals surface area contributed by atoms with Crippen molar-refractivity contribution in [1.29, 1.82) is 0 Å². The van der Waals surface area contributed by atoms with E-state index in [9.17, 15) is 19.5 Å². The molecule has 2 saturated heterocycles. The smallest absolute Gasteiger partial charge is 0.405 e. The molecule has 0 radical (unpaired) electrons. The third-order valence-corrected chi connectivity index (χ3v) is 10.8. The molecule has 2 aliphatic heterocycles. The van der Waals surface area contributed by atoms with Gasteiger partial charge in [0.15, 0.2) is 0 Å². The number of aromatic nitrogens is 4. The summed E-state index contributed by atoms with van der Waals surface area (Å²) in [7, 11) is 1.63. The summed E-state index contributed by atoms with van der Waals surface area (Å²) in [6, 6.07) is 31.8. The van der Waals surface area contributed by atoms with Crippen LogP contribution in [-0.4, -0.2) is 72.9 Å². The molecule has 4 N–H and O–H groups in total. The Morgan fingerprint density at radius 3 is 1.79 bits per heavy atom. The molecule has 0 saturated carbocycles. The van der Waals surface area contributed by atoms with Gasteiger partial charge in [-0.25, -0.2) is 14.8 Å². The summed E-state index contributed by atoms with van der Waals surface area (Å²) < 4.78 is 5.25. The number of imidazole rings is 2. The number of carbonyl (C=O) groups is 3. The minimum Gasteiger partial charge on any atom is -0.497 e. The lowest BCUT2D eigenvalue weighted by atomic mass is 10.0. The number of hydrogen-bond donors (Lipinski definition) is 4. The predicted octanol–water partition coefficient (Wildman–Crippen LogP) is 7.72. The highest BCUT2D eigenvalue weighted by molar-refractivity contribution is 5.87. The number of hydrogen-bond acceptors (Lipinski definition) is 6. The summed E-state index contributed by atoms with van der Waals surface area (Å²) in [6.45, 7) is 1.24. The minimum atomic E-state index is -1.25. The van der Waals surface area contributed by atoms with Crippen LogP contribution >= 0.6 is 0 Å². The van der Waals surface area contributed by atoms with Gasteiger partial charge in [0.25, 0.3) is 5.91 Å². The van der Waals surface area contributed by atoms with Gasteiger partial charge < -0.3 is 34.9 Å². The number of nitrogens with one attached hydrogen (secondary N) is 3. The van der Waals surface area contributed by atoms with Gasteiger partial charge in [0.05, 0.1) is 49.4 Å². The molecule has 3 atom stereocenters. The molecule has 0 aliphatic carbocycles. The summed E-state index contributed by atoms with van der Waals surface area (Å²) in [6.07, 6.45) is 6.05. The van der Waals surface area contributed by atoms with Crippen molar-refractivity contribution in [2.45, 2.75) is 50.2 Å². The molecule has 2 aromatic heterocycles. The minimum absolute atomic E-state index is 0.0778. The van der Waals surface area contributed by atoms with Gasteiger partial charge in [-0.05, 0) is 71.2 Å². The quantitative estimate of drug-likeness (QED) is 0.106. The molecule has 4 aromatic carbocycles. The molecule has 0 bridgehead atoms. The highest BCUT2D eigenvalue weighted by Gasteiger charge is 2.37. The summed E-state index contributed by atoms with van der Waals surface area (Å²) >= 11 is 0. The Labute approximate surface area is 324 Å². The fourth-order valence-electron chi connectivity index (χ4n) is 7.90. The van der Waals surface area contributed by atoms with E-state index in [2.05, 4.69) is 56.7 Å². The number of aromatic amines is 2. The summed E-state index contributed by atoms with van der Waals surface area (Å²) in [5.74, 6) is 2.05. The number of likely N-dealkylation sites (tertiary alicyclic amines) is 2. The standard InChI is InChI=1S/C44H43N7O5/c1-56-34-21-11-28(12-22-34)25-39(52)50-23-5-9-37(50)41-45-26-35(47-41)31-17-13-29(14-18-31)30-15-19-32(20-16-30)36-27-46-42(48-36)38-10-6-24-51(38)43(53)40(49-44(54)55)33-7-3-2-4-8-33/h2-4,7-8,11-22,26-27,37-38,40,49H,5-6,9-10,23-25H2,1H3,(H,45,47)(H,46,48)(H,54,55)/t37-,38-,40+/m0/s1. The Balaban J connectivity index is 0.912. The molecule has 2 aliphatic rings. The molecule has 6 aromatic rings. The van der Waals surface area contributed by atoms with Crippen LogP contribution < -0.4 is 10.1 Å². The average Bonchev–Trinajstić information content (AvgIpc) is 4.07. The van der Waals surface area contributed by atoms with E-state index in [0.29, 0.717) is 30.9 Å². The van der Waals surface area contributed by atoms with Crippen LogP contribution in [0.4, 0.5) is 4.79 Å². The number of carbonyl (C=O) groups excluding carboxylic acids is 2. The largest absolute Gasteiger partial charge is 0.497 e. The number of nitrogens with zero attached hydrogens (tertiary/aromatic N) is 4. The topological polar surface area (TPSA) is 157 Å². The van der Waals surface area contributed by atoms with Crippen molar-refractivity contribution in [3.63, 3.8) is 0 Å². The second-order valence-corrected chi connectivity index (χ2v) is 14.3. The molecule has 0 unspecified atom stereocenters. The second kappa shape index (κ2) is 16.0. The van der Waals surface area contributed by atoms with Crippen molar-refractivity contribution in [2.24, 2.45) is 0 Å². The zero-order valence-electron chi connectivity index (χ0n) is 31.0. The van der Waals surface area contributed by atoms with Crippen LogP contribution in [-0.2, 0) is 16.0 Å². The van der Waals surface area contributed by atoms with Crippen molar-refractivity contribution >= 4 is 17.9 Å². The zero-order valence-corrected chi connectivity index (χ0v) is 31.0. The van der Waals surface area contributed by atoms with Gasteiger partial charge in [-0.1, -0.05) is 91.0 Å². The third kappa shape index (κ3) is 7.63. The van der Waals surface area contributed by atoms with Crippen molar-refractivity contribution in [1.82, 2.24) is 35.1 Å². The van der Waals surface area contributed by atoms with Crippen molar-refractivity contribution < 1.29 is 24.2 Å². The maximum Gasteiger partial charge on any atom is 0.405 e. The van der Waals surface area contributed by atoms with Gasteiger partial charge in [-0.2, -0.15) is 0 Å². The third-order valence-electron chi connectivity index (χ3n) is 10.8. The predicted molar refractivity (Wildman–Crippen MR) is 211 cm³/mol. The summed E-state index contributed by atoms with van der Waals surface area (Å²) in [5, 5.41) is 11.9. The average molecular weight is 750 g/mol. The molecular weight excluding hydrogens is 707 g/mol. The Kier molecular flexibility index (Phi) is 10.3. The van der Waals surface area contributed by atoms with E-state index in [1.807, 2.05) is 53.6 Å². The molecule has 8 rings (SSSR count). The number of methoxy groups -OCH3 is 1. The zero-order chi connectivity index (χ0) is 38.6. The molecule has 3 amide bonds. The number of ether oxygens (including phenoxy) is 1. The molecule has 0 spiro atoms. The van der Waals surface area contributed by atoms with Gasteiger partial charge in [-0.15, -0.1) is 0 Å². The molecule has 4 heterocycles. The van der Waals surface area contributed by atoms with Crippen LogP contribution in [0.5, 0.6) is 5.75 Å². The maximum atomic E-state index is 13.7. The Morgan fingerprint density at radius 2 is 1.25 bits per heavy atom. The number of rotatable bonds is 11. The molecule has 56 heavy (non-hydrogen) atoms. The monoisotopic (exact) mass is 749 g/mol. The van der Waals surface area contributed by atoms with E-state index >= 15 is 0 Å². The molecular formula is C44H43N7O5. The van der Waals surface area contributed by atoms with E-state index in [4.69, 9.17) is 9.72 Å². The van der Waals surface area contributed by atoms with Gasteiger partial charge in [0.2, 0.25) is 5.91 Å². The van der Waals surface area contributed by atoms with Gasteiger partial charge >= 0.3 is 6.09 Å².